The van der Waals surface area contributed by atoms with Crippen molar-refractivity contribution in [1.82, 2.24) is 9.62 Å². The molecule has 1 aliphatic rings. The van der Waals surface area contributed by atoms with Crippen LogP contribution in [-0.2, 0) is 14.8 Å². The molecule has 0 spiro atoms. The predicted octanol–water partition coefficient (Wildman–Crippen LogP) is 1.63. The summed E-state index contributed by atoms with van der Waals surface area (Å²) >= 11 is 0. The molecule has 2 rings (SSSR count). The summed E-state index contributed by atoms with van der Waals surface area (Å²) in [6, 6.07) is 7.12. The number of hydrogen-bond acceptors (Lipinski definition) is 4. The molecule has 0 radical (unpaired) electrons. The van der Waals surface area contributed by atoms with Crippen LogP contribution in [0, 0.1) is 12.8 Å². The molecule has 0 amide bonds. The largest absolute Gasteiger partial charge is 0.379 e. The standard InChI is InChI=1S/C16H26N2O3S/c1-13(2)16(18-8-10-21-11-9-18)12-17-22(19,20)15-6-4-14(3)5-7-15/h4-7,13,16-17H,8-12H2,1-3H3/t16-/m1/s1. The molecule has 5 nitrogen and oxygen atoms in total. The van der Waals surface area contributed by atoms with Crippen molar-refractivity contribution in [2.24, 2.45) is 5.92 Å². The van der Waals surface area contributed by atoms with Gasteiger partial charge in [0.25, 0.3) is 0 Å². The molecule has 1 aromatic rings. The summed E-state index contributed by atoms with van der Waals surface area (Å²) in [5.41, 5.74) is 1.05. The average molecular weight is 326 g/mol. The molecule has 1 atom stereocenters. The normalized spacial score (nSPS) is 18.5. The van der Waals surface area contributed by atoms with Gasteiger partial charge in [0, 0.05) is 25.7 Å². The summed E-state index contributed by atoms with van der Waals surface area (Å²) in [7, 11) is -3.45. The Labute approximate surface area is 133 Å². The van der Waals surface area contributed by atoms with Gasteiger partial charge in [-0.3, -0.25) is 4.90 Å². The van der Waals surface area contributed by atoms with E-state index in [9.17, 15) is 8.42 Å². The van der Waals surface area contributed by atoms with Crippen LogP contribution in [0.15, 0.2) is 29.2 Å². The monoisotopic (exact) mass is 326 g/mol. The van der Waals surface area contributed by atoms with Crippen LogP contribution in [0.4, 0.5) is 0 Å². The van der Waals surface area contributed by atoms with Gasteiger partial charge in [0.1, 0.15) is 0 Å². The molecule has 1 heterocycles. The van der Waals surface area contributed by atoms with Crippen molar-refractivity contribution >= 4 is 10.0 Å². The molecule has 1 aliphatic heterocycles. The Morgan fingerprint density at radius 2 is 1.77 bits per heavy atom. The van der Waals surface area contributed by atoms with Crippen LogP contribution in [0.2, 0.25) is 0 Å². The highest BCUT2D eigenvalue weighted by atomic mass is 32.2. The second-order valence-corrected chi connectivity index (χ2v) is 7.89. The second-order valence-electron chi connectivity index (χ2n) is 6.12. The number of ether oxygens (including phenoxy) is 1. The first-order valence-corrected chi connectivity index (χ1v) is 9.26. The van der Waals surface area contributed by atoms with Gasteiger partial charge in [-0.1, -0.05) is 31.5 Å². The highest BCUT2D eigenvalue weighted by Crippen LogP contribution is 2.14. The van der Waals surface area contributed by atoms with Gasteiger partial charge in [-0.15, -0.1) is 0 Å². The molecule has 1 aromatic carbocycles. The molecule has 1 N–H and O–H groups in total. The molecular formula is C16H26N2O3S. The van der Waals surface area contributed by atoms with Crippen LogP contribution in [0.3, 0.4) is 0 Å². The van der Waals surface area contributed by atoms with E-state index >= 15 is 0 Å². The van der Waals surface area contributed by atoms with Gasteiger partial charge in [-0.2, -0.15) is 0 Å². The van der Waals surface area contributed by atoms with Gasteiger partial charge in [0.15, 0.2) is 0 Å². The number of nitrogens with zero attached hydrogens (tertiary/aromatic N) is 1. The average Bonchev–Trinajstić information content (AvgIpc) is 2.48. The minimum Gasteiger partial charge on any atom is -0.379 e. The molecule has 0 unspecified atom stereocenters. The van der Waals surface area contributed by atoms with E-state index in [0.29, 0.717) is 30.6 Å². The van der Waals surface area contributed by atoms with Crippen molar-refractivity contribution in [3.63, 3.8) is 0 Å². The minimum atomic E-state index is -3.45. The maximum atomic E-state index is 12.4. The molecule has 0 aromatic heterocycles. The van der Waals surface area contributed by atoms with Gasteiger partial charge in [0.05, 0.1) is 18.1 Å². The zero-order valence-corrected chi connectivity index (χ0v) is 14.4. The molecule has 0 bridgehead atoms. The molecule has 6 heteroatoms. The smallest absolute Gasteiger partial charge is 0.240 e. The highest BCUT2D eigenvalue weighted by Gasteiger charge is 2.25. The quantitative estimate of drug-likeness (QED) is 0.863. The van der Waals surface area contributed by atoms with Crippen molar-refractivity contribution in [2.75, 3.05) is 32.8 Å². The maximum Gasteiger partial charge on any atom is 0.240 e. The molecule has 124 valence electrons. The minimum absolute atomic E-state index is 0.184. The summed E-state index contributed by atoms with van der Waals surface area (Å²) in [6.07, 6.45) is 0. The van der Waals surface area contributed by atoms with E-state index in [1.165, 1.54) is 0 Å². The molecule has 1 saturated heterocycles. The fourth-order valence-electron chi connectivity index (χ4n) is 2.69. The lowest BCUT2D eigenvalue weighted by Crippen LogP contribution is -2.51. The Hall–Kier alpha value is -0.950. The van der Waals surface area contributed by atoms with E-state index in [1.807, 2.05) is 19.1 Å². The summed E-state index contributed by atoms with van der Waals surface area (Å²) < 4.78 is 32.9. The van der Waals surface area contributed by atoms with Crippen LogP contribution in [0.25, 0.3) is 0 Å². The topological polar surface area (TPSA) is 58.6 Å². The van der Waals surface area contributed by atoms with E-state index in [-0.39, 0.29) is 6.04 Å². The van der Waals surface area contributed by atoms with E-state index in [4.69, 9.17) is 4.74 Å². The molecule has 0 aliphatic carbocycles. The van der Waals surface area contributed by atoms with Gasteiger partial charge in [-0.25, -0.2) is 13.1 Å². The van der Waals surface area contributed by atoms with Crippen molar-refractivity contribution in [2.45, 2.75) is 31.7 Å². The third-order valence-corrected chi connectivity index (χ3v) is 5.54. The Bertz CT molecular complexity index is 564. The van der Waals surface area contributed by atoms with E-state index in [2.05, 4.69) is 23.5 Å². The zero-order chi connectivity index (χ0) is 16.2. The molecule has 0 saturated carbocycles. The van der Waals surface area contributed by atoms with E-state index < -0.39 is 10.0 Å². The number of benzene rings is 1. The fraction of sp³-hybridized carbons (Fsp3) is 0.625. The van der Waals surface area contributed by atoms with Gasteiger partial charge >= 0.3 is 0 Å². The second kappa shape index (κ2) is 7.55. The van der Waals surface area contributed by atoms with Crippen molar-refractivity contribution < 1.29 is 13.2 Å². The lowest BCUT2D eigenvalue weighted by molar-refractivity contribution is 0.00776. The van der Waals surface area contributed by atoms with Crippen LogP contribution < -0.4 is 4.72 Å². The Kier molecular flexibility index (Phi) is 5.97. The number of morpholine rings is 1. The van der Waals surface area contributed by atoms with Crippen molar-refractivity contribution in [1.29, 1.82) is 0 Å². The Morgan fingerprint density at radius 3 is 2.32 bits per heavy atom. The van der Waals surface area contributed by atoms with E-state index in [1.54, 1.807) is 12.1 Å². The first-order chi connectivity index (χ1) is 10.4. The highest BCUT2D eigenvalue weighted by molar-refractivity contribution is 7.89. The fourth-order valence-corrected chi connectivity index (χ4v) is 3.74. The lowest BCUT2D eigenvalue weighted by atomic mass is 10.0. The maximum absolute atomic E-state index is 12.4. The molecular weight excluding hydrogens is 300 g/mol. The number of sulfonamides is 1. The van der Waals surface area contributed by atoms with Crippen LogP contribution in [0.5, 0.6) is 0 Å². The lowest BCUT2D eigenvalue weighted by Gasteiger charge is -2.36. The van der Waals surface area contributed by atoms with Gasteiger partial charge in [-0.05, 0) is 25.0 Å². The van der Waals surface area contributed by atoms with Crippen LogP contribution >= 0.6 is 0 Å². The van der Waals surface area contributed by atoms with Crippen molar-refractivity contribution in [3.05, 3.63) is 29.8 Å². The number of hydrogen-bond donors (Lipinski definition) is 1. The van der Waals surface area contributed by atoms with Crippen molar-refractivity contribution in [3.8, 4) is 0 Å². The predicted molar refractivity (Wildman–Crippen MR) is 87.4 cm³/mol. The van der Waals surface area contributed by atoms with Gasteiger partial charge < -0.3 is 4.74 Å². The Morgan fingerprint density at radius 1 is 1.18 bits per heavy atom. The SMILES string of the molecule is Cc1ccc(S(=O)(=O)NC[C@H](C(C)C)N2CCOCC2)cc1. The summed E-state index contributed by atoms with van der Waals surface area (Å²) in [6.45, 7) is 9.76. The summed E-state index contributed by atoms with van der Waals surface area (Å²) in [5.74, 6) is 0.374. The van der Waals surface area contributed by atoms with E-state index in [0.717, 1.165) is 18.7 Å². The first-order valence-electron chi connectivity index (χ1n) is 7.78. The third-order valence-electron chi connectivity index (χ3n) is 4.10. The third kappa shape index (κ3) is 4.52. The van der Waals surface area contributed by atoms with Crippen LogP contribution in [0.1, 0.15) is 19.4 Å². The Balaban J connectivity index is 2.03. The molecule has 22 heavy (non-hydrogen) atoms. The molecule has 1 fully saturated rings. The first kappa shape index (κ1) is 17.4. The summed E-state index contributed by atoms with van der Waals surface area (Å²) in [5, 5.41) is 0. The summed E-state index contributed by atoms with van der Waals surface area (Å²) in [4.78, 5) is 2.63. The number of aryl methyl sites for hydroxylation is 1. The van der Waals surface area contributed by atoms with Gasteiger partial charge in [0.2, 0.25) is 10.0 Å². The number of nitrogens with one attached hydrogen (secondary N) is 1. The number of rotatable bonds is 6. The zero-order valence-electron chi connectivity index (χ0n) is 13.6. The van der Waals surface area contributed by atoms with Crippen LogP contribution in [-0.4, -0.2) is 52.2 Å².